The summed E-state index contributed by atoms with van der Waals surface area (Å²) in [4.78, 5) is 4.58. The number of hydrogen-bond donors (Lipinski definition) is 1. The van der Waals surface area contributed by atoms with E-state index in [1.807, 2.05) is 0 Å². The average Bonchev–Trinajstić information content (AvgIpc) is 3.34. The lowest BCUT2D eigenvalue weighted by molar-refractivity contribution is 0.382. The molecule has 128 valence electrons. The van der Waals surface area contributed by atoms with Gasteiger partial charge in [-0.1, -0.05) is 38.1 Å². The summed E-state index contributed by atoms with van der Waals surface area (Å²) in [6.45, 7) is 7.43. The predicted molar refractivity (Wildman–Crippen MR) is 103 cm³/mol. The van der Waals surface area contributed by atoms with E-state index >= 15 is 0 Å². The van der Waals surface area contributed by atoms with Gasteiger partial charge in [0.15, 0.2) is 5.11 Å². The Hall–Kier alpha value is -1.13. The Balaban J connectivity index is 1.87. The minimum Gasteiger partial charge on any atom is -0.363 e. The van der Waals surface area contributed by atoms with E-state index < -0.39 is 0 Å². The fourth-order valence-corrected chi connectivity index (χ4v) is 2.97. The monoisotopic (exact) mass is 333 g/mol. The maximum absolute atomic E-state index is 5.64. The highest BCUT2D eigenvalue weighted by molar-refractivity contribution is 7.80. The van der Waals surface area contributed by atoms with Crippen LogP contribution in [0.5, 0.6) is 0 Å². The zero-order valence-electron chi connectivity index (χ0n) is 15.0. The van der Waals surface area contributed by atoms with Gasteiger partial charge in [0.25, 0.3) is 0 Å². The molecule has 1 aromatic carbocycles. The lowest BCUT2D eigenvalue weighted by atomic mass is 10.0. The van der Waals surface area contributed by atoms with Gasteiger partial charge in [0, 0.05) is 19.1 Å². The molecular formula is C19H31N3S. The van der Waals surface area contributed by atoms with Gasteiger partial charge in [-0.3, -0.25) is 0 Å². The third kappa shape index (κ3) is 6.11. The number of rotatable bonds is 8. The number of hydrogen-bond acceptors (Lipinski definition) is 2. The van der Waals surface area contributed by atoms with Crippen molar-refractivity contribution in [2.24, 2.45) is 0 Å². The second-order valence-electron chi connectivity index (χ2n) is 7.14. The maximum atomic E-state index is 5.64. The first kappa shape index (κ1) is 18.2. The number of thiocarbonyl (C=S) groups is 1. The molecular weight excluding hydrogens is 302 g/mol. The van der Waals surface area contributed by atoms with Crippen LogP contribution in [0, 0.1) is 0 Å². The molecule has 1 fully saturated rings. The van der Waals surface area contributed by atoms with Gasteiger partial charge in [-0.05, 0) is 69.2 Å². The molecule has 23 heavy (non-hydrogen) atoms. The van der Waals surface area contributed by atoms with Crippen molar-refractivity contribution in [2.75, 3.05) is 27.2 Å². The molecule has 3 nitrogen and oxygen atoms in total. The van der Waals surface area contributed by atoms with Gasteiger partial charge >= 0.3 is 0 Å². The topological polar surface area (TPSA) is 18.5 Å². The Morgan fingerprint density at radius 2 is 1.87 bits per heavy atom. The van der Waals surface area contributed by atoms with Crippen molar-refractivity contribution in [3.63, 3.8) is 0 Å². The average molecular weight is 334 g/mol. The third-order valence-electron chi connectivity index (χ3n) is 4.31. The second-order valence-corrected chi connectivity index (χ2v) is 7.53. The van der Waals surface area contributed by atoms with E-state index in [-0.39, 0.29) is 0 Å². The molecule has 0 amide bonds. The zero-order valence-corrected chi connectivity index (χ0v) is 15.8. The lowest BCUT2D eigenvalue weighted by Gasteiger charge is -2.26. The summed E-state index contributed by atoms with van der Waals surface area (Å²) < 4.78 is 0. The highest BCUT2D eigenvalue weighted by atomic mass is 32.1. The van der Waals surface area contributed by atoms with Crippen LogP contribution in [0.15, 0.2) is 24.3 Å². The molecule has 1 N–H and O–H groups in total. The van der Waals surface area contributed by atoms with Gasteiger partial charge in [0.2, 0.25) is 0 Å². The van der Waals surface area contributed by atoms with Crippen molar-refractivity contribution >= 4 is 17.3 Å². The molecule has 0 bridgehead atoms. The summed E-state index contributed by atoms with van der Waals surface area (Å²) in [5.74, 6) is 0.586. The molecule has 2 rings (SSSR count). The van der Waals surface area contributed by atoms with Crippen molar-refractivity contribution in [3.05, 3.63) is 35.4 Å². The summed E-state index contributed by atoms with van der Waals surface area (Å²) in [6, 6.07) is 9.63. The lowest BCUT2D eigenvalue weighted by Crippen LogP contribution is -2.41. The summed E-state index contributed by atoms with van der Waals surface area (Å²) in [5.41, 5.74) is 2.75. The van der Waals surface area contributed by atoms with Crippen molar-refractivity contribution < 1.29 is 0 Å². The van der Waals surface area contributed by atoms with Crippen LogP contribution in [0.1, 0.15) is 50.2 Å². The first-order valence-corrected chi connectivity index (χ1v) is 9.16. The first-order chi connectivity index (χ1) is 11.0. The van der Waals surface area contributed by atoms with Crippen LogP contribution in [0.4, 0.5) is 0 Å². The molecule has 1 aromatic rings. The molecule has 0 aliphatic heterocycles. The predicted octanol–water partition coefficient (Wildman–Crippen LogP) is 3.60. The Morgan fingerprint density at radius 1 is 1.22 bits per heavy atom. The van der Waals surface area contributed by atoms with Crippen LogP contribution < -0.4 is 5.32 Å². The van der Waals surface area contributed by atoms with Crippen LogP contribution in [0.25, 0.3) is 0 Å². The van der Waals surface area contributed by atoms with Gasteiger partial charge in [0.05, 0.1) is 0 Å². The molecule has 0 heterocycles. The number of nitrogens with zero attached hydrogens (tertiary/aromatic N) is 2. The Morgan fingerprint density at radius 3 is 2.39 bits per heavy atom. The minimum atomic E-state index is 0.586. The second kappa shape index (κ2) is 8.65. The maximum Gasteiger partial charge on any atom is 0.169 e. The fraction of sp³-hybridized carbons (Fsp3) is 0.632. The van der Waals surface area contributed by atoms with Crippen LogP contribution in [-0.2, 0) is 6.54 Å². The van der Waals surface area contributed by atoms with Crippen LogP contribution in [0.2, 0.25) is 0 Å². The molecule has 4 heteroatoms. The quantitative estimate of drug-likeness (QED) is 0.578. The molecule has 0 saturated heterocycles. The normalized spacial score (nSPS) is 14.3. The number of benzene rings is 1. The van der Waals surface area contributed by atoms with Crippen molar-refractivity contribution in [1.29, 1.82) is 0 Å². The summed E-state index contributed by atoms with van der Waals surface area (Å²) in [6.07, 6.45) is 3.65. The smallest absolute Gasteiger partial charge is 0.169 e. The molecule has 1 aliphatic carbocycles. The molecule has 0 spiro atoms. The van der Waals surface area contributed by atoms with Crippen LogP contribution in [0.3, 0.4) is 0 Å². The van der Waals surface area contributed by atoms with E-state index in [9.17, 15) is 0 Å². The molecule has 0 unspecified atom stereocenters. The molecule has 0 radical (unpaired) electrons. The van der Waals surface area contributed by atoms with E-state index in [4.69, 9.17) is 12.2 Å². The Kier molecular flexibility index (Phi) is 6.85. The van der Waals surface area contributed by atoms with E-state index in [1.54, 1.807) is 0 Å². The zero-order chi connectivity index (χ0) is 16.8. The highest BCUT2D eigenvalue weighted by Crippen LogP contribution is 2.28. The van der Waals surface area contributed by atoms with Crippen molar-refractivity contribution in [1.82, 2.24) is 15.1 Å². The standard InChI is InChI=1S/C19H31N3S/c1-15(2)17-8-6-16(7-9-17)14-22(18-10-11-18)19(23)20-12-5-13-21(3)4/h6-9,15,18H,5,10-14H2,1-4H3,(H,20,23). The van der Waals surface area contributed by atoms with E-state index in [0.29, 0.717) is 12.0 Å². The number of nitrogens with one attached hydrogen (secondary N) is 1. The van der Waals surface area contributed by atoms with Gasteiger partial charge in [-0.25, -0.2) is 0 Å². The van der Waals surface area contributed by atoms with Crippen LogP contribution in [-0.4, -0.2) is 48.1 Å². The van der Waals surface area contributed by atoms with Gasteiger partial charge in [-0.2, -0.15) is 0 Å². The molecule has 1 saturated carbocycles. The van der Waals surface area contributed by atoms with E-state index in [0.717, 1.165) is 31.2 Å². The first-order valence-electron chi connectivity index (χ1n) is 8.75. The van der Waals surface area contributed by atoms with Gasteiger partial charge in [0.1, 0.15) is 0 Å². The van der Waals surface area contributed by atoms with Gasteiger partial charge < -0.3 is 15.1 Å². The summed E-state index contributed by atoms with van der Waals surface area (Å²) in [7, 11) is 4.21. The van der Waals surface area contributed by atoms with Crippen LogP contribution >= 0.6 is 12.2 Å². The largest absolute Gasteiger partial charge is 0.363 e. The van der Waals surface area contributed by atoms with Crippen molar-refractivity contribution in [3.8, 4) is 0 Å². The van der Waals surface area contributed by atoms with Crippen molar-refractivity contribution in [2.45, 2.75) is 51.6 Å². The summed E-state index contributed by atoms with van der Waals surface area (Å²) >= 11 is 5.64. The molecule has 0 aromatic heterocycles. The SMILES string of the molecule is CC(C)c1ccc(CN(C(=S)NCCCN(C)C)C2CC2)cc1. The molecule has 0 atom stereocenters. The summed E-state index contributed by atoms with van der Waals surface area (Å²) in [5, 5.41) is 4.36. The third-order valence-corrected chi connectivity index (χ3v) is 4.68. The van der Waals surface area contributed by atoms with E-state index in [2.05, 4.69) is 67.3 Å². The molecule has 1 aliphatic rings. The van der Waals surface area contributed by atoms with E-state index in [1.165, 1.54) is 24.0 Å². The Labute approximate surface area is 147 Å². The fourth-order valence-electron chi connectivity index (χ4n) is 2.65. The Bertz CT molecular complexity index is 492. The van der Waals surface area contributed by atoms with Gasteiger partial charge in [-0.15, -0.1) is 0 Å². The highest BCUT2D eigenvalue weighted by Gasteiger charge is 2.30. The minimum absolute atomic E-state index is 0.586.